The Kier molecular flexibility index (Phi) is 3.01. The molecular formula is C14H9ClFN3. The van der Waals surface area contributed by atoms with Gasteiger partial charge in [-0.25, -0.2) is 4.39 Å². The highest BCUT2D eigenvalue weighted by molar-refractivity contribution is 6.28. The number of rotatable bonds is 2. The number of hydrogen-bond acceptors (Lipinski definition) is 2. The third kappa shape index (κ3) is 2.22. The van der Waals surface area contributed by atoms with Crippen molar-refractivity contribution in [3.63, 3.8) is 0 Å². The van der Waals surface area contributed by atoms with Crippen molar-refractivity contribution < 1.29 is 4.39 Å². The molecule has 1 heterocycles. The van der Waals surface area contributed by atoms with Crippen LogP contribution in [0, 0.1) is 5.82 Å². The lowest BCUT2D eigenvalue weighted by Gasteiger charge is -2.07. The summed E-state index contributed by atoms with van der Waals surface area (Å²) in [6.07, 6.45) is 0. The van der Waals surface area contributed by atoms with E-state index in [1.165, 1.54) is 12.1 Å². The van der Waals surface area contributed by atoms with Crippen molar-refractivity contribution in [2.24, 2.45) is 0 Å². The van der Waals surface area contributed by atoms with E-state index >= 15 is 0 Å². The zero-order valence-electron chi connectivity index (χ0n) is 9.79. The van der Waals surface area contributed by atoms with Crippen molar-refractivity contribution in [3.8, 4) is 17.1 Å². The first-order chi connectivity index (χ1) is 9.25. The van der Waals surface area contributed by atoms with Crippen LogP contribution in [0.15, 0.2) is 54.6 Å². The van der Waals surface area contributed by atoms with Crippen LogP contribution in [0.4, 0.5) is 4.39 Å². The second-order valence-corrected chi connectivity index (χ2v) is 4.31. The third-order valence-electron chi connectivity index (χ3n) is 2.74. The van der Waals surface area contributed by atoms with Gasteiger partial charge in [-0.2, -0.15) is 0 Å². The van der Waals surface area contributed by atoms with Gasteiger partial charge in [0.05, 0.1) is 5.69 Å². The smallest absolute Gasteiger partial charge is 0.229 e. The van der Waals surface area contributed by atoms with E-state index in [9.17, 15) is 4.39 Å². The number of nitrogens with zero attached hydrogens (tertiary/aromatic N) is 3. The molecule has 0 atom stereocenters. The molecule has 0 radical (unpaired) electrons. The molecule has 0 aliphatic rings. The van der Waals surface area contributed by atoms with Gasteiger partial charge in [-0.3, -0.25) is 4.57 Å². The Hall–Kier alpha value is -2.20. The number of hydrogen-bond donors (Lipinski definition) is 0. The van der Waals surface area contributed by atoms with E-state index < -0.39 is 0 Å². The summed E-state index contributed by atoms with van der Waals surface area (Å²) in [6.45, 7) is 0. The topological polar surface area (TPSA) is 30.7 Å². The van der Waals surface area contributed by atoms with Gasteiger partial charge in [0.15, 0.2) is 5.82 Å². The quantitative estimate of drug-likeness (QED) is 0.712. The molecule has 0 spiro atoms. The van der Waals surface area contributed by atoms with Crippen molar-refractivity contribution in [3.05, 3.63) is 65.7 Å². The molecule has 1 aromatic heterocycles. The van der Waals surface area contributed by atoms with Gasteiger partial charge in [-0.05, 0) is 35.9 Å². The van der Waals surface area contributed by atoms with Gasteiger partial charge in [0.25, 0.3) is 0 Å². The van der Waals surface area contributed by atoms with Crippen molar-refractivity contribution >= 4 is 11.6 Å². The number of halogens is 2. The molecule has 19 heavy (non-hydrogen) atoms. The van der Waals surface area contributed by atoms with E-state index in [2.05, 4.69) is 10.2 Å². The van der Waals surface area contributed by atoms with Gasteiger partial charge in [0, 0.05) is 5.56 Å². The molecule has 94 valence electrons. The lowest BCUT2D eigenvalue weighted by atomic mass is 10.2. The first-order valence-electron chi connectivity index (χ1n) is 5.68. The van der Waals surface area contributed by atoms with Crippen LogP contribution < -0.4 is 0 Å². The summed E-state index contributed by atoms with van der Waals surface area (Å²) in [5, 5.41) is 8.19. The average molecular weight is 274 g/mol. The molecule has 0 fully saturated rings. The van der Waals surface area contributed by atoms with Gasteiger partial charge in [-0.15, -0.1) is 10.2 Å². The van der Waals surface area contributed by atoms with Crippen LogP contribution in [-0.4, -0.2) is 14.8 Å². The highest BCUT2D eigenvalue weighted by Gasteiger charge is 2.13. The summed E-state index contributed by atoms with van der Waals surface area (Å²) in [6, 6.07) is 15.6. The Morgan fingerprint density at radius 1 is 0.895 bits per heavy atom. The number of benzene rings is 2. The molecule has 2 aromatic carbocycles. The molecule has 3 rings (SSSR count). The van der Waals surface area contributed by atoms with Crippen LogP contribution in [0.3, 0.4) is 0 Å². The number of aromatic nitrogens is 3. The van der Waals surface area contributed by atoms with Crippen LogP contribution in [0.1, 0.15) is 0 Å². The summed E-state index contributed by atoms with van der Waals surface area (Å²) in [5.41, 5.74) is 1.61. The molecule has 5 heteroatoms. The fraction of sp³-hybridized carbons (Fsp3) is 0. The maximum atomic E-state index is 13.0. The monoisotopic (exact) mass is 273 g/mol. The Morgan fingerprint density at radius 2 is 1.58 bits per heavy atom. The minimum Gasteiger partial charge on any atom is -0.266 e. The minimum absolute atomic E-state index is 0.241. The third-order valence-corrected chi connectivity index (χ3v) is 2.98. The molecule has 0 unspecified atom stereocenters. The lowest BCUT2D eigenvalue weighted by Crippen LogP contribution is -1.97. The summed E-state index contributed by atoms with van der Waals surface area (Å²) < 4.78 is 14.7. The Bertz CT molecular complexity index is 692. The molecule has 0 amide bonds. The minimum atomic E-state index is -0.297. The van der Waals surface area contributed by atoms with Crippen molar-refractivity contribution in [1.29, 1.82) is 0 Å². The SMILES string of the molecule is Fc1ccc(-n2c(Cl)nnc2-c2ccccc2)cc1. The Labute approximate surface area is 114 Å². The fourth-order valence-corrected chi connectivity index (χ4v) is 2.07. The highest BCUT2D eigenvalue weighted by Crippen LogP contribution is 2.24. The van der Waals surface area contributed by atoms with Gasteiger partial charge in [-0.1, -0.05) is 30.3 Å². The zero-order chi connectivity index (χ0) is 13.2. The lowest BCUT2D eigenvalue weighted by molar-refractivity contribution is 0.627. The summed E-state index contributed by atoms with van der Waals surface area (Å²) in [7, 11) is 0. The largest absolute Gasteiger partial charge is 0.266 e. The first kappa shape index (κ1) is 11.9. The zero-order valence-corrected chi connectivity index (χ0v) is 10.5. The van der Waals surface area contributed by atoms with Gasteiger partial charge in [0.1, 0.15) is 5.82 Å². The summed E-state index contributed by atoms with van der Waals surface area (Å²) in [4.78, 5) is 0. The van der Waals surface area contributed by atoms with Crippen LogP contribution in [0.25, 0.3) is 17.1 Å². The van der Waals surface area contributed by atoms with Crippen molar-refractivity contribution in [2.45, 2.75) is 0 Å². The second kappa shape index (κ2) is 4.82. The molecular weight excluding hydrogens is 265 g/mol. The maximum Gasteiger partial charge on any atom is 0.229 e. The normalized spacial score (nSPS) is 10.6. The molecule has 3 nitrogen and oxygen atoms in total. The van der Waals surface area contributed by atoms with Gasteiger partial charge < -0.3 is 0 Å². The molecule has 0 saturated carbocycles. The Morgan fingerprint density at radius 3 is 2.26 bits per heavy atom. The average Bonchev–Trinajstić information content (AvgIpc) is 2.83. The predicted molar refractivity (Wildman–Crippen MR) is 71.8 cm³/mol. The molecule has 0 aliphatic heterocycles. The van der Waals surface area contributed by atoms with Crippen molar-refractivity contribution in [1.82, 2.24) is 14.8 Å². The highest BCUT2D eigenvalue weighted by atomic mass is 35.5. The van der Waals surface area contributed by atoms with Crippen molar-refractivity contribution in [2.75, 3.05) is 0 Å². The van der Waals surface area contributed by atoms with Crippen LogP contribution in [-0.2, 0) is 0 Å². The van der Waals surface area contributed by atoms with E-state index in [1.807, 2.05) is 30.3 Å². The molecule has 0 bridgehead atoms. The Balaban J connectivity index is 2.17. The van der Waals surface area contributed by atoms with E-state index in [-0.39, 0.29) is 11.1 Å². The van der Waals surface area contributed by atoms with E-state index in [0.29, 0.717) is 5.82 Å². The summed E-state index contributed by atoms with van der Waals surface area (Å²) >= 11 is 6.06. The van der Waals surface area contributed by atoms with Crippen LogP contribution in [0.5, 0.6) is 0 Å². The fourth-order valence-electron chi connectivity index (χ4n) is 1.86. The second-order valence-electron chi connectivity index (χ2n) is 3.97. The molecule has 3 aromatic rings. The first-order valence-corrected chi connectivity index (χ1v) is 6.06. The molecule has 0 aliphatic carbocycles. The standard InChI is InChI=1S/C14H9ClFN3/c15-14-18-17-13(10-4-2-1-3-5-10)19(14)12-8-6-11(16)7-9-12/h1-9H. The predicted octanol–water partition coefficient (Wildman–Crippen LogP) is 3.73. The molecule has 0 saturated heterocycles. The van der Waals surface area contributed by atoms with Gasteiger partial charge in [0.2, 0.25) is 5.28 Å². The van der Waals surface area contributed by atoms with Crippen LogP contribution >= 0.6 is 11.6 Å². The summed E-state index contributed by atoms with van der Waals surface area (Å²) in [5.74, 6) is 0.325. The maximum absolute atomic E-state index is 13.0. The van der Waals surface area contributed by atoms with Crippen LogP contribution in [0.2, 0.25) is 5.28 Å². The molecule has 0 N–H and O–H groups in total. The van der Waals surface area contributed by atoms with E-state index in [0.717, 1.165) is 11.3 Å². The van der Waals surface area contributed by atoms with E-state index in [1.54, 1.807) is 16.7 Å². The van der Waals surface area contributed by atoms with E-state index in [4.69, 9.17) is 11.6 Å². The van der Waals surface area contributed by atoms with Gasteiger partial charge >= 0.3 is 0 Å².